The maximum Gasteiger partial charge on any atom is 0.410 e. The van der Waals surface area contributed by atoms with Gasteiger partial charge >= 0.3 is 6.18 Å². The number of hydrogen-bond acceptors (Lipinski definition) is 2. The maximum absolute atomic E-state index is 12.8. The van der Waals surface area contributed by atoms with E-state index < -0.39 is 12.2 Å². The number of halogens is 3. The molecule has 0 fully saturated rings. The van der Waals surface area contributed by atoms with Crippen LogP contribution in [0.2, 0.25) is 0 Å². The Kier molecular flexibility index (Phi) is 3.62. The quantitative estimate of drug-likeness (QED) is 0.873. The molecule has 1 heterocycles. The molecule has 1 rings (SSSR count). The van der Waals surface area contributed by atoms with Crippen LogP contribution in [-0.2, 0) is 0 Å². The van der Waals surface area contributed by atoms with E-state index in [1.54, 1.807) is 20.8 Å². The molecule has 6 heteroatoms. The second-order valence-electron chi connectivity index (χ2n) is 3.88. The van der Waals surface area contributed by atoms with E-state index in [0.29, 0.717) is 11.4 Å². The van der Waals surface area contributed by atoms with Gasteiger partial charge in [0, 0.05) is 5.69 Å². The lowest BCUT2D eigenvalue weighted by Crippen LogP contribution is -2.30. The predicted octanol–water partition coefficient (Wildman–Crippen LogP) is 2.26. The Morgan fingerprint density at radius 1 is 1.31 bits per heavy atom. The fourth-order valence-electron chi connectivity index (χ4n) is 1.63. The van der Waals surface area contributed by atoms with Gasteiger partial charge in [-0.05, 0) is 39.3 Å². The van der Waals surface area contributed by atoms with Crippen LogP contribution in [0.1, 0.15) is 29.4 Å². The largest absolute Gasteiger partial charge is 0.410 e. The fourth-order valence-corrected chi connectivity index (χ4v) is 1.63. The molecule has 3 nitrogen and oxygen atoms in total. The van der Waals surface area contributed by atoms with E-state index in [1.165, 1.54) is 0 Å². The van der Waals surface area contributed by atoms with Gasteiger partial charge < -0.3 is 5.73 Å². The van der Waals surface area contributed by atoms with E-state index in [4.69, 9.17) is 5.73 Å². The van der Waals surface area contributed by atoms with Gasteiger partial charge in [-0.2, -0.15) is 18.3 Å². The summed E-state index contributed by atoms with van der Waals surface area (Å²) in [6, 6.07) is -1.62. The first-order valence-corrected chi connectivity index (χ1v) is 5.08. The van der Waals surface area contributed by atoms with Crippen LogP contribution in [-0.4, -0.2) is 22.5 Å². The first kappa shape index (κ1) is 13.0. The topological polar surface area (TPSA) is 43.8 Å². The second-order valence-corrected chi connectivity index (χ2v) is 3.88. The number of hydrogen-bond donors (Lipinski definition) is 1. The van der Waals surface area contributed by atoms with Gasteiger partial charge in [-0.15, -0.1) is 0 Å². The molecule has 0 amide bonds. The summed E-state index contributed by atoms with van der Waals surface area (Å²) in [5.41, 5.74) is 7.19. The van der Waals surface area contributed by atoms with E-state index in [2.05, 4.69) is 5.10 Å². The molecule has 16 heavy (non-hydrogen) atoms. The molecule has 0 saturated carbocycles. The second kappa shape index (κ2) is 4.45. The van der Waals surface area contributed by atoms with Gasteiger partial charge in [-0.3, -0.25) is 4.68 Å². The molecule has 0 spiro atoms. The number of alkyl halides is 3. The summed E-state index contributed by atoms with van der Waals surface area (Å²) in [7, 11) is 0. The third-order valence-corrected chi connectivity index (χ3v) is 2.80. The molecular formula is C10H16F3N3. The molecule has 0 aliphatic rings. The Balaban J connectivity index is 3.16. The van der Waals surface area contributed by atoms with Gasteiger partial charge in [0.05, 0.1) is 5.69 Å². The zero-order valence-electron chi connectivity index (χ0n) is 9.60. The average molecular weight is 235 g/mol. The number of aromatic nitrogens is 2. The molecule has 92 valence electrons. The number of aryl methyl sites for hydroxylation is 1. The van der Waals surface area contributed by atoms with Gasteiger partial charge in [-0.25, -0.2) is 0 Å². The van der Waals surface area contributed by atoms with Crippen molar-refractivity contribution in [1.29, 1.82) is 0 Å². The number of nitrogens with two attached hydrogens (primary N) is 1. The van der Waals surface area contributed by atoms with Crippen molar-refractivity contribution in [1.82, 2.24) is 9.78 Å². The van der Waals surface area contributed by atoms with Crippen LogP contribution in [0.15, 0.2) is 0 Å². The van der Waals surface area contributed by atoms with E-state index >= 15 is 0 Å². The minimum Gasteiger partial charge on any atom is -0.330 e. The highest BCUT2D eigenvalue weighted by Gasteiger charge is 2.41. The molecule has 1 atom stereocenters. The Morgan fingerprint density at radius 3 is 2.19 bits per heavy atom. The first-order chi connectivity index (χ1) is 7.29. The van der Waals surface area contributed by atoms with Gasteiger partial charge in [0.1, 0.15) is 6.04 Å². The monoisotopic (exact) mass is 235 g/mol. The molecule has 0 radical (unpaired) electrons. The molecule has 1 aromatic heterocycles. The Hall–Kier alpha value is -1.04. The van der Waals surface area contributed by atoms with Crippen molar-refractivity contribution in [3.8, 4) is 0 Å². The van der Waals surface area contributed by atoms with Crippen LogP contribution in [0.3, 0.4) is 0 Å². The number of nitrogens with zero attached hydrogens (tertiary/aromatic N) is 2. The van der Waals surface area contributed by atoms with Crippen molar-refractivity contribution >= 4 is 0 Å². The average Bonchev–Trinajstić information content (AvgIpc) is 2.41. The van der Waals surface area contributed by atoms with Gasteiger partial charge in [0.2, 0.25) is 0 Å². The van der Waals surface area contributed by atoms with Crippen LogP contribution in [0.5, 0.6) is 0 Å². The maximum atomic E-state index is 12.8. The molecule has 1 aromatic rings. The lowest BCUT2D eigenvalue weighted by molar-refractivity contribution is -0.171. The summed E-state index contributed by atoms with van der Waals surface area (Å²) in [6.07, 6.45) is -4.46. The third kappa shape index (κ3) is 2.37. The molecule has 2 N–H and O–H groups in total. The standard InChI is InChI=1S/C10H16F3N3/c1-6-7(2)15-16(8(6)3)9(4-5-14)10(11,12)13/h9H,4-5,14H2,1-3H3. The summed E-state index contributed by atoms with van der Waals surface area (Å²) in [5, 5.41) is 3.94. The molecule has 1 unspecified atom stereocenters. The Morgan fingerprint density at radius 2 is 1.88 bits per heavy atom. The lowest BCUT2D eigenvalue weighted by atomic mass is 10.2. The summed E-state index contributed by atoms with van der Waals surface area (Å²) < 4.78 is 39.4. The lowest BCUT2D eigenvalue weighted by Gasteiger charge is -2.21. The normalized spacial score (nSPS) is 14.2. The highest BCUT2D eigenvalue weighted by molar-refractivity contribution is 5.22. The van der Waals surface area contributed by atoms with Crippen molar-refractivity contribution in [2.24, 2.45) is 5.73 Å². The number of rotatable bonds is 3. The summed E-state index contributed by atoms with van der Waals surface area (Å²) >= 11 is 0. The van der Waals surface area contributed by atoms with E-state index in [1.807, 2.05) is 0 Å². The minimum atomic E-state index is -4.31. The molecule has 0 aliphatic carbocycles. The SMILES string of the molecule is Cc1nn(C(CCN)C(F)(F)F)c(C)c1C. The van der Waals surface area contributed by atoms with Crippen molar-refractivity contribution in [2.45, 2.75) is 39.4 Å². The van der Waals surface area contributed by atoms with Crippen molar-refractivity contribution in [2.75, 3.05) is 6.54 Å². The third-order valence-electron chi connectivity index (χ3n) is 2.80. The zero-order valence-corrected chi connectivity index (χ0v) is 9.60. The van der Waals surface area contributed by atoms with Gasteiger partial charge in [0.15, 0.2) is 0 Å². The highest BCUT2D eigenvalue weighted by atomic mass is 19.4. The first-order valence-electron chi connectivity index (χ1n) is 5.08. The Labute approximate surface area is 92.4 Å². The van der Waals surface area contributed by atoms with Crippen molar-refractivity contribution < 1.29 is 13.2 Å². The van der Waals surface area contributed by atoms with E-state index in [0.717, 1.165) is 10.2 Å². The summed E-state index contributed by atoms with van der Waals surface area (Å²) in [5.74, 6) is 0. The van der Waals surface area contributed by atoms with Crippen LogP contribution < -0.4 is 5.73 Å². The van der Waals surface area contributed by atoms with Crippen LogP contribution in [0.25, 0.3) is 0 Å². The van der Waals surface area contributed by atoms with Crippen molar-refractivity contribution in [3.63, 3.8) is 0 Å². The molecular weight excluding hydrogens is 219 g/mol. The predicted molar refractivity (Wildman–Crippen MR) is 55.2 cm³/mol. The Bertz CT molecular complexity index is 368. The molecule has 0 bridgehead atoms. The van der Waals surface area contributed by atoms with E-state index in [9.17, 15) is 13.2 Å². The van der Waals surface area contributed by atoms with Crippen LogP contribution in [0, 0.1) is 20.8 Å². The van der Waals surface area contributed by atoms with Gasteiger partial charge in [0.25, 0.3) is 0 Å². The zero-order chi connectivity index (χ0) is 12.5. The molecule has 0 saturated heterocycles. The molecule has 0 aromatic carbocycles. The fraction of sp³-hybridized carbons (Fsp3) is 0.700. The minimum absolute atomic E-state index is 0.0123. The van der Waals surface area contributed by atoms with Crippen LogP contribution in [0.4, 0.5) is 13.2 Å². The summed E-state index contributed by atoms with van der Waals surface area (Å²) in [6.45, 7) is 5.10. The summed E-state index contributed by atoms with van der Waals surface area (Å²) in [4.78, 5) is 0. The van der Waals surface area contributed by atoms with E-state index in [-0.39, 0.29) is 13.0 Å². The van der Waals surface area contributed by atoms with Gasteiger partial charge in [-0.1, -0.05) is 0 Å². The smallest absolute Gasteiger partial charge is 0.330 e. The molecule has 0 aliphatic heterocycles. The highest BCUT2D eigenvalue weighted by Crippen LogP contribution is 2.34. The van der Waals surface area contributed by atoms with Crippen molar-refractivity contribution in [3.05, 3.63) is 17.0 Å². The van der Waals surface area contributed by atoms with Crippen LogP contribution >= 0.6 is 0 Å².